The maximum absolute atomic E-state index is 10.9. The van der Waals surface area contributed by atoms with E-state index >= 15 is 0 Å². The molecule has 3 aliphatic rings. The summed E-state index contributed by atoms with van der Waals surface area (Å²) < 4.78 is 0. The van der Waals surface area contributed by atoms with Crippen molar-refractivity contribution in [1.82, 2.24) is 0 Å². The van der Waals surface area contributed by atoms with E-state index in [1.54, 1.807) is 0 Å². The Morgan fingerprint density at radius 1 is 1.42 bits per heavy atom. The van der Waals surface area contributed by atoms with Crippen LogP contribution in [0.3, 0.4) is 0 Å². The van der Waals surface area contributed by atoms with Crippen molar-refractivity contribution >= 4 is 5.97 Å². The van der Waals surface area contributed by atoms with Crippen LogP contribution in [0.5, 0.6) is 0 Å². The first-order valence-corrected chi connectivity index (χ1v) is 4.64. The van der Waals surface area contributed by atoms with Gasteiger partial charge in [0.05, 0.1) is 5.92 Å². The zero-order chi connectivity index (χ0) is 9.15. The molecule has 12 heavy (non-hydrogen) atoms. The number of hydrogen-bond donors (Lipinski definition) is 1. The summed E-state index contributed by atoms with van der Waals surface area (Å²) in [5, 5.41) is 9.01. The second-order valence-corrected chi connectivity index (χ2v) is 5.10. The zero-order valence-electron chi connectivity index (χ0n) is 7.92. The van der Waals surface area contributed by atoms with Crippen LogP contribution < -0.4 is 0 Å². The van der Waals surface area contributed by atoms with Crippen LogP contribution in [0.25, 0.3) is 0 Å². The van der Waals surface area contributed by atoms with Gasteiger partial charge in [-0.05, 0) is 29.6 Å². The standard InChI is InChI=1S/C10H16O2/c1-9(2)6-4-5-10(9,3)7(6)8(11)12/h6-7H,4-5H2,1-3H3,(H,11,12)/t6-,7+,10+/m1/s1. The minimum Gasteiger partial charge on any atom is -0.481 e. The lowest BCUT2D eigenvalue weighted by Crippen LogP contribution is -2.57. The lowest BCUT2D eigenvalue weighted by atomic mass is 9.45. The van der Waals surface area contributed by atoms with Crippen LogP contribution in [0.4, 0.5) is 0 Å². The quantitative estimate of drug-likeness (QED) is 0.651. The summed E-state index contributed by atoms with van der Waals surface area (Å²) in [6.07, 6.45) is 2.21. The van der Waals surface area contributed by atoms with E-state index in [4.69, 9.17) is 5.11 Å². The minimum atomic E-state index is -0.584. The van der Waals surface area contributed by atoms with Crippen molar-refractivity contribution in [2.75, 3.05) is 0 Å². The number of carboxylic acid groups (broad SMARTS) is 1. The van der Waals surface area contributed by atoms with E-state index in [-0.39, 0.29) is 16.7 Å². The van der Waals surface area contributed by atoms with Crippen LogP contribution in [-0.2, 0) is 4.79 Å². The van der Waals surface area contributed by atoms with Gasteiger partial charge in [-0.1, -0.05) is 20.8 Å². The van der Waals surface area contributed by atoms with Crippen molar-refractivity contribution < 1.29 is 9.90 Å². The van der Waals surface area contributed by atoms with E-state index in [1.807, 2.05) is 0 Å². The molecule has 3 saturated carbocycles. The lowest BCUT2D eigenvalue weighted by molar-refractivity contribution is -0.177. The summed E-state index contributed by atoms with van der Waals surface area (Å²) in [6.45, 7) is 6.56. The van der Waals surface area contributed by atoms with Gasteiger partial charge in [-0.3, -0.25) is 4.79 Å². The highest BCUT2D eigenvalue weighted by atomic mass is 16.4. The molecule has 2 nitrogen and oxygen atoms in total. The Hall–Kier alpha value is -0.530. The third-order valence-corrected chi connectivity index (χ3v) is 4.73. The molecule has 0 unspecified atom stereocenters. The van der Waals surface area contributed by atoms with Crippen molar-refractivity contribution in [3.05, 3.63) is 0 Å². The largest absolute Gasteiger partial charge is 0.481 e. The molecule has 0 spiro atoms. The molecule has 3 aliphatic carbocycles. The molecule has 0 aromatic rings. The maximum atomic E-state index is 10.9. The first kappa shape index (κ1) is 8.09. The highest BCUT2D eigenvalue weighted by Gasteiger charge is 2.70. The van der Waals surface area contributed by atoms with Gasteiger partial charge in [-0.25, -0.2) is 0 Å². The van der Waals surface area contributed by atoms with Crippen LogP contribution in [0.15, 0.2) is 0 Å². The molecule has 2 heteroatoms. The van der Waals surface area contributed by atoms with Crippen LogP contribution in [0.2, 0.25) is 0 Å². The number of rotatable bonds is 1. The molecule has 3 fully saturated rings. The number of carboxylic acids is 1. The summed E-state index contributed by atoms with van der Waals surface area (Å²) in [5.74, 6) is -0.216. The second-order valence-electron chi connectivity index (χ2n) is 5.10. The SMILES string of the molecule is CC1(C)[C@@H]2CC[C@@]1(C)[C@@H]2C(=O)O. The molecular weight excluding hydrogens is 152 g/mol. The van der Waals surface area contributed by atoms with Gasteiger partial charge in [0, 0.05) is 0 Å². The van der Waals surface area contributed by atoms with Gasteiger partial charge in [-0.15, -0.1) is 0 Å². The van der Waals surface area contributed by atoms with E-state index in [0.717, 1.165) is 12.8 Å². The van der Waals surface area contributed by atoms with Gasteiger partial charge >= 0.3 is 5.97 Å². The van der Waals surface area contributed by atoms with Crippen LogP contribution in [0, 0.1) is 22.7 Å². The first-order valence-electron chi connectivity index (χ1n) is 4.64. The predicted octanol–water partition coefficient (Wildman–Crippen LogP) is 2.14. The van der Waals surface area contributed by atoms with Crippen molar-refractivity contribution in [3.8, 4) is 0 Å². The molecule has 0 aliphatic heterocycles. The Morgan fingerprint density at radius 3 is 2.17 bits per heavy atom. The molecule has 0 radical (unpaired) electrons. The van der Waals surface area contributed by atoms with Crippen LogP contribution in [-0.4, -0.2) is 11.1 Å². The normalized spacial score (nSPS) is 48.6. The van der Waals surface area contributed by atoms with E-state index in [0.29, 0.717) is 5.92 Å². The average molecular weight is 168 g/mol. The van der Waals surface area contributed by atoms with Gasteiger partial charge in [0.15, 0.2) is 0 Å². The third kappa shape index (κ3) is 0.572. The minimum absolute atomic E-state index is 0.0625. The fourth-order valence-corrected chi connectivity index (χ4v) is 3.49. The van der Waals surface area contributed by atoms with E-state index in [9.17, 15) is 4.79 Å². The second kappa shape index (κ2) is 1.86. The van der Waals surface area contributed by atoms with Crippen LogP contribution >= 0.6 is 0 Å². The highest BCUT2D eigenvalue weighted by molar-refractivity contribution is 5.74. The molecule has 0 aromatic carbocycles. The Bertz CT molecular complexity index is 244. The Balaban J connectivity index is 2.33. The Kier molecular flexibility index (Phi) is 1.25. The zero-order valence-corrected chi connectivity index (χ0v) is 7.92. The molecule has 2 bridgehead atoms. The van der Waals surface area contributed by atoms with E-state index in [2.05, 4.69) is 20.8 Å². The van der Waals surface area contributed by atoms with Crippen molar-refractivity contribution in [3.63, 3.8) is 0 Å². The summed E-state index contributed by atoms with van der Waals surface area (Å²) in [7, 11) is 0. The molecule has 0 heterocycles. The molecule has 68 valence electrons. The molecule has 3 atom stereocenters. The smallest absolute Gasteiger partial charge is 0.307 e. The molecule has 0 saturated heterocycles. The van der Waals surface area contributed by atoms with Gasteiger partial charge < -0.3 is 5.11 Å². The fourth-order valence-electron chi connectivity index (χ4n) is 3.49. The van der Waals surface area contributed by atoms with E-state index in [1.165, 1.54) is 0 Å². The topological polar surface area (TPSA) is 37.3 Å². The summed E-state index contributed by atoms with van der Waals surface area (Å²) in [6, 6.07) is 0. The van der Waals surface area contributed by atoms with Crippen molar-refractivity contribution in [2.45, 2.75) is 33.6 Å². The number of carbonyl (C=O) groups is 1. The highest BCUT2D eigenvalue weighted by Crippen LogP contribution is 2.73. The lowest BCUT2D eigenvalue weighted by Gasteiger charge is -2.57. The number of hydrogen-bond acceptors (Lipinski definition) is 1. The Labute approximate surface area is 73.0 Å². The van der Waals surface area contributed by atoms with Gasteiger partial charge in [0.1, 0.15) is 0 Å². The number of fused-ring (bicyclic) bond motifs is 1. The summed E-state index contributed by atoms with van der Waals surface area (Å²) in [4.78, 5) is 10.9. The first-order chi connectivity index (χ1) is 5.41. The van der Waals surface area contributed by atoms with Gasteiger partial charge in [-0.2, -0.15) is 0 Å². The summed E-state index contributed by atoms with van der Waals surface area (Å²) in [5.41, 5.74) is 0.333. The van der Waals surface area contributed by atoms with Gasteiger partial charge in [0.25, 0.3) is 0 Å². The third-order valence-electron chi connectivity index (χ3n) is 4.73. The monoisotopic (exact) mass is 168 g/mol. The molecule has 3 rings (SSSR count). The molecule has 0 aromatic heterocycles. The predicted molar refractivity (Wildman–Crippen MR) is 45.7 cm³/mol. The molecule has 0 amide bonds. The fraction of sp³-hybridized carbons (Fsp3) is 0.900. The maximum Gasteiger partial charge on any atom is 0.307 e. The van der Waals surface area contributed by atoms with Crippen LogP contribution in [0.1, 0.15) is 33.6 Å². The Morgan fingerprint density at radius 2 is 2.00 bits per heavy atom. The van der Waals surface area contributed by atoms with Crippen molar-refractivity contribution in [1.29, 1.82) is 0 Å². The molecule has 1 N–H and O–H groups in total. The average Bonchev–Trinajstić information content (AvgIpc) is 2.38. The summed E-state index contributed by atoms with van der Waals surface area (Å²) >= 11 is 0. The van der Waals surface area contributed by atoms with Gasteiger partial charge in [0.2, 0.25) is 0 Å². The van der Waals surface area contributed by atoms with E-state index < -0.39 is 5.97 Å². The van der Waals surface area contributed by atoms with Crippen molar-refractivity contribution in [2.24, 2.45) is 22.7 Å². The molecular formula is C10H16O2. The number of aliphatic carboxylic acids is 1.